The number of nitrogens with two attached hydrogens (primary N) is 1. The second-order valence-corrected chi connectivity index (χ2v) is 4.98. The van der Waals surface area contributed by atoms with Crippen LogP contribution in [0.1, 0.15) is 6.92 Å². The number of hydrogen-bond acceptors (Lipinski definition) is 9. The van der Waals surface area contributed by atoms with Crippen LogP contribution < -0.4 is 5.73 Å². The van der Waals surface area contributed by atoms with Crippen molar-refractivity contribution in [3.05, 3.63) is 0 Å². The first-order valence-corrected chi connectivity index (χ1v) is 6.26. The molecule has 1 aliphatic rings. The van der Waals surface area contributed by atoms with Gasteiger partial charge in [-0.2, -0.15) is 8.42 Å². The molecule has 1 saturated heterocycles. The minimum Gasteiger partial charge on any atom is -0.387 e. The van der Waals surface area contributed by atoms with Crippen LogP contribution in [0.3, 0.4) is 0 Å². The van der Waals surface area contributed by atoms with Gasteiger partial charge in [0.2, 0.25) is 0 Å². The van der Waals surface area contributed by atoms with Crippen LogP contribution in [0.4, 0.5) is 0 Å². The van der Waals surface area contributed by atoms with Crippen LogP contribution in [0.2, 0.25) is 0 Å². The Hall–Kier alpha value is -0.910. The van der Waals surface area contributed by atoms with Crippen molar-refractivity contribution in [1.82, 2.24) is 0 Å². The fourth-order valence-corrected chi connectivity index (χ4v) is 2.11. The van der Waals surface area contributed by atoms with Crippen LogP contribution in [0.15, 0.2) is 0 Å². The van der Waals surface area contributed by atoms with Crippen molar-refractivity contribution in [1.29, 1.82) is 0 Å². The van der Waals surface area contributed by atoms with Crippen LogP contribution in [0, 0.1) is 0 Å². The maximum absolute atomic E-state index is 11.7. The molecule has 0 radical (unpaired) electrons. The molecule has 0 spiro atoms. The Morgan fingerprint density at radius 2 is 2.00 bits per heavy atom. The van der Waals surface area contributed by atoms with E-state index in [-0.39, 0.29) is 0 Å². The summed E-state index contributed by atoms with van der Waals surface area (Å²) in [5, 5.41) is 18.4. The fourth-order valence-electron chi connectivity index (χ4n) is 1.27. The lowest BCUT2D eigenvalue weighted by atomic mass is 9.98. The number of aliphatic hydroxyl groups excluding tert-OH is 2. The van der Waals surface area contributed by atoms with Crippen molar-refractivity contribution in [3.8, 4) is 0 Å². The van der Waals surface area contributed by atoms with Crippen molar-refractivity contribution < 1.29 is 36.6 Å². The third-order valence-electron chi connectivity index (χ3n) is 2.26. The summed E-state index contributed by atoms with van der Waals surface area (Å²) in [5.41, 5.74) is 5.26. The Labute approximate surface area is 103 Å². The normalized spacial score (nSPS) is 30.4. The fraction of sp³-hybridized carbons (Fsp3) is 0.750. The predicted molar refractivity (Wildman–Crippen MR) is 55.4 cm³/mol. The lowest BCUT2D eigenvalue weighted by Gasteiger charge is -2.27. The minimum atomic E-state index is -4.40. The average Bonchev–Trinajstić information content (AvgIpc) is 2.29. The molecule has 1 heterocycles. The van der Waals surface area contributed by atoms with E-state index < -0.39 is 52.9 Å². The monoisotopic (exact) mass is 283 g/mol. The molecule has 104 valence electrons. The van der Waals surface area contributed by atoms with Gasteiger partial charge in [-0.05, 0) is 6.92 Å². The van der Waals surface area contributed by atoms with Crippen molar-refractivity contribution in [2.75, 3.05) is 6.61 Å². The molecule has 0 aromatic carbocycles. The second kappa shape index (κ2) is 5.38. The first-order valence-electron chi connectivity index (χ1n) is 4.92. The maximum Gasteiger partial charge on any atom is 0.400 e. The van der Waals surface area contributed by atoms with Gasteiger partial charge < -0.3 is 15.9 Å². The highest BCUT2D eigenvalue weighted by atomic mass is 32.3. The Balaban J connectivity index is 2.85. The van der Waals surface area contributed by atoms with E-state index in [9.17, 15) is 23.1 Å². The van der Waals surface area contributed by atoms with Gasteiger partial charge in [0.1, 0.15) is 18.2 Å². The smallest absolute Gasteiger partial charge is 0.387 e. The van der Waals surface area contributed by atoms with Crippen LogP contribution >= 0.6 is 0 Å². The lowest BCUT2D eigenvalue weighted by Crippen LogP contribution is -2.55. The summed E-state index contributed by atoms with van der Waals surface area (Å²) in [7, 11) is -4.40. The standard InChI is InChI=1S/C8H13NO8S/c1-3(10)6(12)5(9)7(13)8-4(11)2-16-18(14,15)17-8/h3-5,8,10-11H,2,9H2,1H3/t3?,4-,5+,8+/m1/s1. The Morgan fingerprint density at radius 3 is 2.50 bits per heavy atom. The Morgan fingerprint density at radius 1 is 1.44 bits per heavy atom. The summed E-state index contributed by atoms with van der Waals surface area (Å²) in [4.78, 5) is 23.0. The molecular formula is C8H13NO8S. The molecule has 1 fully saturated rings. The molecule has 10 heteroatoms. The summed E-state index contributed by atoms with van der Waals surface area (Å²) >= 11 is 0. The van der Waals surface area contributed by atoms with Crippen molar-refractivity contribution in [2.24, 2.45) is 5.73 Å². The second-order valence-electron chi connectivity index (χ2n) is 3.74. The van der Waals surface area contributed by atoms with Gasteiger partial charge >= 0.3 is 10.4 Å². The van der Waals surface area contributed by atoms with Gasteiger partial charge in [0, 0.05) is 0 Å². The maximum atomic E-state index is 11.7. The van der Waals surface area contributed by atoms with Gasteiger partial charge in [0.15, 0.2) is 17.7 Å². The quantitative estimate of drug-likeness (QED) is 0.454. The molecule has 1 unspecified atom stereocenters. The zero-order valence-electron chi connectivity index (χ0n) is 9.35. The zero-order chi connectivity index (χ0) is 14.1. The van der Waals surface area contributed by atoms with E-state index in [2.05, 4.69) is 8.37 Å². The Bertz CT molecular complexity index is 444. The third kappa shape index (κ3) is 3.31. The van der Waals surface area contributed by atoms with Crippen molar-refractivity contribution in [3.63, 3.8) is 0 Å². The molecule has 4 N–H and O–H groups in total. The SMILES string of the molecule is CC(O)C(=O)[C@H](N)C(=O)[C@H]1OS(=O)(=O)OC[C@H]1O. The molecular weight excluding hydrogens is 270 g/mol. The molecule has 0 bridgehead atoms. The van der Waals surface area contributed by atoms with Crippen LogP contribution in [0.5, 0.6) is 0 Å². The van der Waals surface area contributed by atoms with E-state index >= 15 is 0 Å². The molecule has 1 aliphatic heterocycles. The van der Waals surface area contributed by atoms with Crippen molar-refractivity contribution in [2.45, 2.75) is 31.3 Å². The van der Waals surface area contributed by atoms with E-state index in [0.717, 1.165) is 6.92 Å². The molecule has 0 aromatic heterocycles. The van der Waals surface area contributed by atoms with Gasteiger partial charge in [-0.3, -0.25) is 9.59 Å². The first-order chi connectivity index (χ1) is 8.15. The summed E-state index contributed by atoms with van der Waals surface area (Å²) < 4.78 is 30.3. The van der Waals surface area contributed by atoms with Gasteiger partial charge in [0.05, 0.1) is 6.61 Å². The van der Waals surface area contributed by atoms with Gasteiger partial charge in [0.25, 0.3) is 0 Å². The summed E-state index contributed by atoms with van der Waals surface area (Å²) in [6.07, 6.45) is -4.87. The predicted octanol–water partition coefficient (Wildman–Crippen LogP) is -3.15. The number of hydrogen-bond donors (Lipinski definition) is 3. The van der Waals surface area contributed by atoms with Gasteiger partial charge in [-0.15, -0.1) is 0 Å². The first kappa shape index (κ1) is 15.1. The van der Waals surface area contributed by atoms with Gasteiger partial charge in [-0.25, -0.2) is 8.37 Å². The van der Waals surface area contributed by atoms with Crippen LogP contribution in [-0.4, -0.2) is 61.2 Å². The third-order valence-corrected chi connectivity index (χ3v) is 3.13. The van der Waals surface area contributed by atoms with E-state index in [1.54, 1.807) is 0 Å². The molecule has 9 nitrogen and oxygen atoms in total. The van der Waals surface area contributed by atoms with E-state index in [1.165, 1.54) is 0 Å². The van der Waals surface area contributed by atoms with Gasteiger partial charge in [-0.1, -0.05) is 0 Å². The molecule has 0 aliphatic carbocycles. The highest BCUT2D eigenvalue weighted by Gasteiger charge is 2.42. The van der Waals surface area contributed by atoms with Crippen LogP contribution in [-0.2, 0) is 28.4 Å². The summed E-state index contributed by atoms with van der Waals surface area (Å²) in [5.74, 6) is -2.14. The number of carbonyl (C=O) groups excluding carboxylic acids is 2. The minimum absolute atomic E-state index is 0.672. The number of ketones is 2. The summed E-state index contributed by atoms with van der Waals surface area (Å²) in [6.45, 7) is 0.432. The van der Waals surface area contributed by atoms with E-state index in [1.807, 2.05) is 0 Å². The van der Waals surface area contributed by atoms with Crippen molar-refractivity contribution >= 4 is 22.0 Å². The number of rotatable bonds is 4. The van der Waals surface area contributed by atoms with E-state index in [0.29, 0.717) is 0 Å². The molecule has 0 saturated carbocycles. The van der Waals surface area contributed by atoms with Crippen LogP contribution in [0.25, 0.3) is 0 Å². The average molecular weight is 283 g/mol. The molecule has 4 atom stereocenters. The number of carbonyl (C=O) groups is 2. The molecule has 18 heavy (non-hydrogen) atoms. The lowest BCUT2D eigenvalue weighted by molar-refractivity contribution is -0.142. The number of aliphatic hydroxyl groups is 2. The molecule has 0 aromatic rings. The largest absolute Gasteiger partial charge is 0.400 e. The highest BCUT2D eigenvalue weighted by molar-refractivity contribution is 7.82. The highest BCUT2D eigenvalue weighted by Crippen LogP contribution is 2.16. The van der Waals surface area contributed by atoms with E-state index in [4.69, 9.17) is 10.8 Å². The topological polar surface area (TPSA) is 153 Å². The number of Topliss-reactive ketones (excluding diaryl/α,β-unsaturated/α-hetero) is 2. The molecule has 0 amide bonds. The summed E-state index contributed by atoms with van der Waals surface area (Å²) in [6, 6.07) is -1.78. The zero-order valence-corrected chi connectivity index (χ0v) is 10.2. The molecule has 1 rings (SSSR count). The Kier molecular flexibility index (Phi) is 4.53.